The number of hydrogen-bond acceptors (Lipinski definition) is 5. The Balaban J connectivity index is 1.74. The first-order valence-electron chi connectivity index (χ1n) is 7.01. The largest absolute Gasteiger partial charge is 0.489 e. The number of carbonyl (C=O) groups excluding carboxylic acids is 1. The first-order valence-corrected chi connectivity index (χ1v) is 7.76. The van der Waals surface area contributed by atoms with Gasteiger partial charge in [0.05, 0.1) is 23.8 Å². The number of carbonyl (C=O) groups is 1. The molecule has 0 bridgehead atoms. The molecular formula is C16H13Cl2NO4. The van der Waals surface area contributed by atoms with Gasteiger partial charge in [0.25, 0.3) is 0 Å². The quantitative estimate of drug-likeness (QED) is 0.618. The number of fused-ring (bicyclic) bond motifs is 1. The average Bonchev–Trinajstić information content (AvgIpc) is 2.79. The summed E-state index contributed by atoms with van der Waals surface area (Å²) in [5, 5.41) is 0.532. The van der Waals surface area contributed by atoms with Gasteiger partial charge in [-0.15, -0.1) is 0 Å². The topological polar surface area (TPSA) is 57.7 Å². The number of halogens is 2. The van der Waals surface area contributed by atoms with Crippen molar-refractivity contribution in [2.75, 3.05) is 13.2 Å². The predicted octanol–water partition coefficient (Wildman–Crippen LogP) is 3.91. The van der Waals surface area contributed by atoms with E-state index in [0.29, 0.717) is 35.3 Å². The highest BCUT2D eigenvalue weighted by Crippen LogP contribution is 2.38. The Bertz CT molecular complexity index is 736. The van der Waals surface area contributed by atoms with E-state index in [1.54, 1.807) is 24.3 Å². The standard InChI is InChI=1S/C16H13Cl2NO4/c17-12-7-10(8-13-14(12)22-6-2-5-21-13)9-23-16(20)11-3-1-4-19-15(11)18/h1,3-4,7-8H,2,5-6,9H2. The predicted molar refractivity (Wildman–Crippen MR) is 85.4 cm³/mol. The van der Waals surface area contributed by atoms with Crippen molar-refractivity contribution in [2.24, 2.45) is 0 Å². The summed E-state index contributed by atoms with van der Waals surface area (Å²) in [4.78, 5) is 15.9. The molecule has 1 aromatic carbocycles. The molecule has 3 rings (SSSR count). The molecule has 0 N–H and O–H groups in total. The van der Waals surface area contributed by atoms with Gasteiger partial charge in [0, 0.05) is 12.6 Å². The first-order chi connectivity index (χ1) is 11.1. The lowest BCUT2D eigenvalue weighted by atomic mass is 10.2. The van der Waals surface area contributed by atoms with E-state index < -0.39 is 5.97 Å². The lowest BCUT2D eigenvalue weighted by Gasteiger charge is -2.12. The van der Waals surface area contributed by atoms with Crippen LogP contribution in [0.1, 0.15) is 22.3 Å². The van der Waals surface area contributed by atoms with Crippen molar-refractivity contribution >= 4 is 29.2 Å². The lowest BCUT2D eigenvalue weighted by molar-refractivity contribution is 0.0472. The highest BCUT2D eigenvalue weighted by atomic mass is 35.5. The molecular weight excluding hydrogens is 341 g/mol. The summed E-state index contributed by atoms with van der Waals surface area (Å²) in [6.07, 6.45) is 2.29. The van der Waals surface area contributed by atoms with Crippen LogP contribution in [0.15, 0.2) is 30.5 Å². The summed E-state index contributed by atoms with van der Waals surface area (Å²) in [6.45, 7) is 1.15. The molecule has 1 aliphatic rings. The zero-order valence-electron chi connectivity index (χ0n) is 12.1. The maximum absolute atomic E-state index is 12.0. The third-order valence-electron chi connectivity index (χ3n) is 3.21. The minimum atomic E-state index is -0.550. The summed E-state index contributed by atoms with van der Waals surface area (Å²) in [6, 6.07) is 6.61. The van der Waals surface area contributed by atoms with Crippen molar-refractivity contribution in [1.29, 1.82) is 0 Å². The SMILES string of the molecule is O=C(OCc1cc(Cl)c2c(c1)OCCCO2)c1cccnc1Cl. The van der Waals surface area contributed by atoms with Crippen molar-refractivity contribution < 1.29 is 19.0 Å². The molecule has 0 fully saturated rings. The summed E-state index contributed by atoms with van der Waals surface area (Å²) < 4.78 is 16.4. The van der Waals surface area contributed by atoms with Crippen LogP contribution in [0.3, 0.4) is 0 Å². The molecule has 5 nitrogen and oxygen atoms in total. The molecule has 2 aromatic rings. The van der Waals surface area contributed by atoms with E-state index in [4.69, 9.17) is 37.4 Å². The fraction of sp³-hybridized carbons (Fsp3) is 0.250. The van der Waals surface area contributed by atoms with Crippen LogP contribution >= 0.6 is 23.2 Å². The number of benzene rings is 1. The van der Waals surface area contributed by atoms with E-state index in [2.05, 4.69) is 4.98 Å². The van der Waals surface area contributed by atoms with Crippen LogP contribution < -0.4 is 9.47 Å². The molecule has 0 saturated heterocycles. The Hall–Kier alpha value is -1.98. The molecule has 0 atom stereocenters. The van der Waals surface area contributed by atoms with E-state index in [0.717, 1.165) is 6.42 Å². The van der Waals surface area contributed by atoms with Gasteiger partial charge in [0.1, 0.15) is 11.8 Å². The van der Waals surface area contributed by atoms with Gasteiger partial charge >= 0.3 is 5.97 Å². The molecule has 0 aliphatic carbocycles. The van der Waals surface area contributed by atoms with Crippen molar-refractivity contribution in [3.63, 3.8) is 0 Å². The maximum atomic E-state index is 12.0. The minimum Gasteiger partial charge on any atom is -0.489 e. The average molecular weight is 354 g/mol. The van der Waals surface area contributed by atoms with Crippen molar-refractivity contribution in [3.05, 3.63) is 51.8 Å². The van der Waals surface area contributed by atoms with Crippen LogP contribution in [0, 0.1) is 0 Å². The second-order valence-electron chi connectivity index (χ2n) is 4.87. The molecule has 120 valence electrons. The van der Waals surface area contributed by atoms with Gasteiger partial charge in [-0.25, -0.2) is 9.78 Å². The van der Waals surface area contributed by atoms with Gasteiger partial charge in [-0.3, -0.25) is 0 Å². The van der Waals surface area contributed by atoms with Gasteiger partial charge in [0.15, 0.2) is 11.5 Å². The number of hydrogen-bond donors (Lipinski definition) is 0. The summed E-state index contributed by atoms with van der Waals surface area (Å²) in [5.41, 5.74) is 0.919. The molecule has 0 amide bonds. The number of pyridine rings is 1. The fourth-order valence-electron chi connectivity index (χ4n) is 2.13. The first kappa shape index (κ1) is 15.9. The third-order valence-corrected chi connectivity index (χ3v) is 3.79. The lowest BCUT2D eigenvalue weighted by Crippen LogP contribution is -2.07. The number of nitrogens with zero attached hydrogens (tertiary/aromatic N) is 1. The van der Waals surface area contributed by atoms with Gasteiger partial charge in [0.2, 0.25) is 0 Å². The number of ether oxygens (including phenoxy) is 3. The van der Waals surface area contributed by atoms with E-state index in [1.807, 2.05) is 0 Å². The fourth-order valence-corrected chi connectivity index (χ4v) is 2.62. The molecule has 1 aliphatic heterocycles. The molecule has 23 heavy (non-hydrogen) atoms. The van der Waals surface area contributed by atoms with Crippen LogP contribution in [0.2, 0.25) is 10.2 Å². The summed E-state index contributed by atoms with van der Waals surface area (Å²) >= 11 is 12.1. The Kier molecular flexibility index (Phi) is 4.88. The maximum Gasteiger partial charge on any atom is 0.341 e. The van der Waals surface area contributed by atoms with E-state index in [9.17, 15) is 4.79 Å². The Morgan fingerprint density at radius 1 is 1.26 bits per heavy atom. The normalized spacial score (nSPS) is 13.3. The van der Waals surface area contributed by atoms with Crippen LogP contribution in [-0.2, 0) is 11.3 Å². The van der Waals surface area contributed by atoms with Gasteiger partial charge in [-0.2, -0.15) is 0 Å². The van der Waals surface area contributed by atoms with Crippen LogP contribution in [0.4, 0.5) is 0 Å². The minimum absolute atomic E-state index is 0.0421. The van der Waals surface area contributed by atoms with E-state index >= 15 is 0 Å². The van der Waals surface area contributed by atoms with E-state index in [1.165, 1.54) is 6.20 Å². The molecule has 0 radical (unpaired) electrons. The van der Waals surface area contributed by atoms with Gasteiger partial charge in [-0.1, -0.05) is 23.2 Å². The molecule has 2 heterocycles. The highest BCUT2D eigenvalue weighted by Gasteiger charge is 2.17. The van der Waals surface area contributed by atoms with Crippen LogP contribution in [0.25, 0.3) is 0 Å². The number of rotatable bonds is 3. The van der Waals surface area contributed by atoms with Gasteiger partial charge in [-0.05, 0) is 29.8 Å². The summed E-state index contributed by atoms with van der Waals surface area (Å²) in [7, 11) is 0. The Morgan fingerprint density at radius 3 is 2.91 bits per heavy atom. The Labute approximate surface area is 143 Å². The molecule has 1 aromatic heterocycles. The highest BCUT2D eigenvalue weighted by molar-refractivity contribution is 6.32. The second kappa shape index (κ2) is 7.06. The smallest absolute Gasteiger partial charge is 0.341 e. The molecule has 0 spiro atoms. The van der Waals surface area contributed by atoms with Gasteiger partial charge < -0.3 is 14.2 Å². The third kappa shape index (κ3) is 3.68. The summed E-state index contributed by atoms with van der Waals surface area (Å²) in [5.74, 6) is 0.529. The van der Waals surface area contributed by atoms with Crippen molar-refractivity contribution in [1.82, 2.24) is 4.98 Å². The Morgan fingerprint density at radius 2 is 2.09 bits per heavy atom. The molecule has 0 unspecified atom stereocenters. The van der Waals surface area contributed by atoms with Crippen molar-refractivity contribution in [3.8, 4) is 11.5 Å². The van der Waals surface area contributed by atoms with E-state index in [-0.39, 0.29) is 17.3 Å². The second-order valence-corrected chi connectivity index (χ2v) is 5.64. The van der Waals surface area contributed by atoms with Crippen LogP contribution in [-0.4, -0.2) is 24.2 Å². The monoisotopic (exact) mass is 353 g/mol. The van der Waals surface area contributed by atoms with Crippen LogP contribution in [0.5, 0.6) is 11.5 Å². The van der Waals surface area contributed by atoms with Crippen molar-refractivity contribution in [2.45, 2.75) is 13.0 Å². The molecule has 7 heteroatoms. The number of aromatic nitrogens is 1. The zero-order chi connectivity index (χ0) is 16.2. The molecule has 0 saturated carbocycles. The zero-order valence-corrected chi connectivity index (χ0v) is 13.6. The number of esters is 1.